The molecule has 0 rings (SSSR count). The van der Waals surface area contributed by atoms with Gasteiger partial charge >= 0.3 is 0 Å². The maximum atomic E-state index is 11.7. The number of halogens is 2. The maximum absolute atomic E-state index is 11.7. The molecule has 0 N–H and O–H groups in total. The van der Waals surface area contributed by atoms with E-state index >= 15 is 0 Å². The molecule has 0 aromatic carbocycles. The van der Waals surface area contributed by atoms with Crippen LogP contribution < -0.4 is 0 Å². The number of rotatable bonds is 1. The van der Waals surface area contributed by atoms with Gasteiger partial charge in [-0.2, -0.15) is 0 Å². The van der Waals surface area contributed by atoms with Gasteiger partial charge in [-0.3, -0.25) is 0 Å². The zero-order chi connectivity index (χ0) is 5.86. The quantitative estimate of drug-likeness (QED) is 0.524. The third kappa shape index (κ3) is 5.89. The standard InChI is InChI=1S/C5H6BrF/c1-4(6)3-5(2)7/h3H,2H2,1H3/b4-3+. The smallest absolute Gasteiger partial charge is 0.116 e. The van der Waals surface area contributed by atoms with Crippen LogP contribution in [0.4, 0.5) is 4.39 Å². The Morgan fingerprint density at radius 1 is 1.86 bits per heavy atom. The van der Waals surface area contributed by atoms with Crippen molar-refractivity contribution in [2.75, 3.05) is 0 Å². The second-order valence-electron chi connectivity index (χ2n) is 1.18. The number of allylic oxidation sites excluding steroid dienone is 3. The summed E-state index contributed by atoms with van der Waals surface area (Å²) in [4.78, 5) is 0. The third-order valence-corrected chi connectivity index (χ3v) is 0.584. The molecule has 0 heterocycles. The summed E-state index contributed by atoms with van der Waals surface area (Å²) in [6.45, 7) is 4.76. The Morgan fingerprint density at radius 2 is 2.29 bits per heavy atom. The molecule has 0 saturated carbocycles. The topological polar surface area (TPSA) is 0 Å². The lowest BCUT2D eigenvalue weighted by Crippen LogP contribution is -1.58. The van der Waals surface area contributed by atoms with Gasteiger partial charge < -0.3 is 0 Å². The zero-order valence-corrected chi connectivity index (χ0v) is 5.63. The summed E-state index contributed by atoms with van der Waals surface area (Å²) in [7, 11) is 0. The number of hydrogen-bond donors (Lipinski definition) is 0. The van der Waals surface area contributed by atoms with E-state index in [-0.39, 0.29) is 0 Å². The van der Waals surface area contributed by atoms with Crippen molar-refractivity contribution in [2.24, 2.45) is 0 Å². The Balaban J connectivity index is 3.68. The van der Waals surface area contributed by atoms with Crippen molar-refractivity contribution in [1.29, 1.82) is 0 Å². The van der Waals surface area contributed by atoms with Gasteiger partial charge in [-0.25, -0.2) is 4.39 Å². The molecule has 40 valence electrons. The summed E-state index contributed by atoms with van der Waals surface area (Å²) in [6.07, 6.45) is 1.31. The molecule has 0 nitrogen and oxygen atoms in total. The molecule has 0 bridgehead atoms. The molecule has 0 aromatic rings. The molecule has 2 heteroatoms. The summed E-state index contributed by atoms with van der Waals surface area (Å²) in [5.74, 6) is -0.422. The Morgan fingerprint density at radius 3 is 2.29 bits per heavy atom. The van der Waals surface area contributed by atoms with Gasteiger partial charge in [0.15, 0.2) is 0 Å². The van der Waals surface area contributed by atoms with Crippen LogP contribution in [0.3, 0.4) is 0 Å². The van der Waals surface area contributed by atoms with Gasteiger partial charge in [0, 0.05) is 0 Å². The van der Waals surface area contributed by atoms with E-state index in [9.17, 15) is 4.39 Å². The van der Waals surface area contributed by atoms with Crippen LogP contribution >= 0.6 is 15.9 Å². The highest BCUT2D eigenvalue weighted by Crippen LogP contribution is 2.06. The van der Waals surface area contributed by atoms with E-state index < -0.39 is 5.83 Å². The largest absolute Gasteiger partial charge is 0.208 e. The molecule has 0 amide bonds. The minimum atomic E-state index is -0.422. The van der Waals surface area contributed by atoms with Crippen molar-refractivity contribution >= 4 is 15.9 Å². The average molecular weight is 165 g/mol. The van der Waals surface area contributed by atoms with Gasteiger partial charge in [-0.15, -0.1) is 0 Å². The molecule has 0 fully saturated rings. The molecular weight excluding hydrogens is 159 g/mol. The first-order valence-electron chi connectivity index (χ1n) is 1.81. The lowest BCUT2D eigenvalue weighted by Gasteiger charge is -1.79. The highest BCUT2D eigenvalue weighted by molar-refractivity contribution is 9.11. The first-order chi connectivity index (χ1) is 3.13. The van der Waals surface area contributed by atoms with Crippen molar-refractivity contribution in [3.05, 3.63) is 23.0 Å². The van der Waals surface area contributed by atoms with Crippen LogP contribution in [0, 0.1) is 0 Å². The molecular formula is C5H6BrF. The fourth-order valence-corrected chi connectivity index (χ4v) is 0.464. The fourth-order valence-electron chi connectivity index (χ4n) is 0.216. The van der Waals surface area contributed by atoms with E-state index in [1.807, 2.05) is 0 Å². The van der Waals surface area contributed by atoms with Crippen LogP contribution in [0.25, 0.3) is 0 Å². The average Bonchev–Trinajstić information content (AvgIpc) is 1.27. The molecule has 7 heavy (non-hydrogen) atoms. The SMILES string of the molecule is C=C(F)/C=C(\C)Br. The predicted octanol–water partition coefficient (Wildman–Crippen LogP) is 2.77. The van der Waals surface area contributed by atoms with Crippen LogP contribution in [0.5, 0.6) is 0 Å². The van der Waals surface area contributed by atoms with Gasteiger partial charge in [0.25, 0.3) is 0 Å². The summed E-state index contributed by atoms with van der Waals surface area (Å²) in [6, 6.07) is 0. The minimum Gasteiger partial charge on any atom is -0.208 e. The van der Waals surface area contributed by atoms with Crippen LogP contribution in [-0.2, 0) is 0 Å². The second kappa shape index (κ2) is 2.97. The summed E-state index contributed by atoms with van der Waals surface area (Å²) >= 11 is 3.04. The molecule has 0 spiro atoms. The maximum Gasteiger partial charge on any atom is 0.116 e. The van der Waals surface area contributed by atoms with Crippen molar-refractivity contribution < 1.29 is 4.39 Å². The molecule has 0 radical (unpaired) electrons. The number of hydrogen-bond acceptors (Lipinski definition) is 0. The minimum absolute atomic E-state index is 0.422. The van der Waals surface area contributed by atoms with Crippen LogP contribution in [0.1, 0.15) is 6.92 Å². The predicted molar refractivity (Wildman–Crippen MR) is 32.9 cm³/mol. The Bertz CT molecular complexity index is 101. The van der Waals surface area contributed by atoms with Gasteiger partial charge in [-0.05, 0) is 17.5 Å². The molecule has 0 atom stereocenters. The summed E-state index contributed by atoms with van der Waals surface area (Å²) < 4.78 is 12.4. The Hall–Kier alpha value is -0.110. The molecule has 0 aliphatic heterocycles. The van der Waals surface area contributed by atoms with E-state index in [1.54, 1.807) is 6.92 Å². The third-order valence-electron chi connectivity index (χ3n) is 0.356. The lowest BCUT2D eigenvalue weighted by atomic mass is 10.5. The van der Waals surface area contributed by atoms with E-state index in [2.05, 4.69) is 22.5 Å². The molecule has 0 aliphatic rings. The highest BCUT2D eigenvalue weighted by atomic mass is 79.9. The second-order valence-corrected chi connectivity index (χ2v) is 2.43. The van der Waals surface area contributed by atoms with E-state index in [4.69, 9.17) is 0 Å². The van der Waals surface area contributed by atoms with E-state index in [0.29, 0.717) is 0 Å². The first kappa shape index (κ1) is 6.89. The molecule has 0 unspecified atom stereocenters. The van der Waals surface area contributed by atoms with Crippen molar-refractivity contribution in [3.63, 3.8) is 0 Å². The molecule has 0 saturated heterocycles. The summed E-state index contributed by atoms with van der Waals surface area (Å²) in [5, 5.41) is 0. The van der Waals surface area contributed by atoms with Crippen molar-refractivity contribution in [1.82, 2.24) is 0 Å². The van der Waals surface area contributed by atoms with Gasteiger partial charge in [0.2, 0.25) is 0 Å². The van der Waals surface area contributed by atoms with Crippen molar-refractivity contribution in [3.8, 4) is 0 Å². The normalized spacial score (nSPS) is 11.6. The fraction of sp³-hybridized carbons (Fsp3) is 0.200. The van der Waals surface area contributed by atoms with Crippen molar-refractivity contribution in [2.45, 2.75) is 6.92 Å². The van der Waals surface area contributed by atoms with Gasteiger partial charge in [0.1, 0.15) is 5.83 Å². The highest BCUT2D eigenvalue weighted by Gasteiger charge is 1.80. The zero-order valence-electron chi connectivity index (χ0n) is 4.04. The first-order valence-corrected chi connectivity index (χ1v) is 2.60. The van der Waals surface area contributed by atoms with E-state index in [0.717, 1.165) is 4.48 Å². The van der Waals surface area contributed by atoms with Gasteiger partial charge in [0.05, 0.1) is 0 Å². The summed E-state index contributed by atoms with van der Waals surface area (Å²) in [5.41, 5.74) is 0. The molecule has 0 aromatic heterocycles. The molecule has 0 aliphatic carbocycles. The van der Waals surface area contributed by atoms with Crippen LogP contribution in [0.15, 0.2) is 23.0 Å². The van der Waals surface area contributed by atoms with E-state index in [1.165, 1.54) is 6.08 Å². The van der Waals surface area contributed by atoms with Crippen LogP contribution in [-0.4, -0.2) is 0 Å². The Labute approximate surface area is 50.9 Å². The monoisotopic (exact) mass is 164 g/mol. The van der Waals surface area contributed by atoms with Crippen LogP contribution in [0.2, 0.25) is 0 Å². The Kier molecular flexibility index (Phi) is 2.92. The lowest BCUT2D eigenvalue weighted by molar-refractivity contribution is 0.671. The van der Waals surface area contributed by atoms with Gasteiger partial charge in [-0.1, -0.05) is 22.5 Å².